The van der Waals surface area contributed by atoms with Gasteiger partial charge in [-0.1, -0.05) is 50.6 Å². The number of fused-ring (bicyclic) bond motifs is 3. The maximum atomic E-state index is 14.2. The molecule has 0 N–H and O–H groups in total. The number of carbonyl (C=O) groups is 4. The second-order valence-corrected chi connectivity index (χ2v) is 12.4. The number of rotatable bonds is 6. The highest BCUT2D eigenvalue weighted by Gasteiger charge is 2.83. The van der Waals surface area contributed by atoms with Crippen molar-refractivity contribution >= 4 is 23.5 Å². The number of hydrogen-bond donors (Lipinski definition) is 0. The van der Waals surface area contributed by atoms with Crippen LogP contribution in [0.15, 0.2) is 54.1 Å². The van der Waals surface area contributed by atoms with Crippen molar-refractivity contribution in [1.82, 2.24) is 0 Å². The fourth-order valence-electron chi connectivity index (χ4n) is 8.98. The Morgan fingerprint density at radius 2 is 1.85 bits per heavy atom. The molecule has 7 heteroatoms. The largest absolute Gasteiger partial charge is 0.454 e. The Morgan fingerprint density at radius 3 is 2.56 bits per heavy atom. The number of epoxide rings is 1. The van der Waals surface area contributed by atoms with Gasteiger partial charge in [-0.15, -0.1) is 0 Å². The SMILES string of the molecule is CCC(=O)O[C@]1(C(=O)COC(=O)c2ccccc2)[C@H](C)C[C@H]2[C@@H]3CCC4=CC(=O)C=C[C@]4(C)[C@@]34O[C@H]4C[C@@]21C. The van der Waals surface area contributed by atoms with Crippen molar-refractivity contribution in [3.05, 3.63) is 59.7 Å². The third-order valence-electron chi connectivity index (χ3n) is 10.8. The van der Waals surface area contributed by atoms with Gasteiger partial charge in [0.15, 0.2) is 18.0 Å². The molecule has 0 radical (unpaired) electrons. The van der Waals surface area contributed by atoms with E-state index >= 15 is 0 Å². The molecule has 5 aliphatic rings. The highest BCUT2D eigenvalue weighted by Crippen LogP contribution is 2.77. The van der Waals surface area contributed by atoms with Gasteiger partial charge in [0, 0.05) is 23.2 Å². The number of allylic oxidation sites excluding steroid dienone is 2. The van der Waals surface area contributed by atoms with Crippen molar-refractivity contribution in [3.8, 4) is 0 Å². The van der Waals surface area contributed by atoms with Crippen LogP contribution in [0.4, 0.5) is 0 Å². The molecular formula is C32H36O7. The van der Waals surface area contributed by atoms with Crippen LogP contribution in [0.2, 0.25) is 0 Å². The summed E-state index contributed by atoms with van der Waals surface area (Å²) in [5.74, 6) is -1.42. The minimum Gasteiger partial charge on any atom is -0.454 e. The van der Waals surface area contributed by atoms with E-state index in [1.54, 1.807) is 49.4 Å². The molecular weight excluding hydrogens is 496 g/mol. The molecule has 0 bridgehead atoms. The van der Waals surface area contributed by atoms with Crippen LogP contribution in [0.1, 0.15) is 70.2 Å². The Bertz CT molecular complexity index is 1310. The Morgan fingerprint density at radius 1 is 1.10 bits per heavy atom. The van der Waals surface area contributed by atoms with Gasteiger partial charge in [-0.2, -0.15) is 0 Å². The van der Waals surface area contributed by atoms with Gasteiger partial charge in [0.25, 0.3) is 0 Å². The minimum absolute atomic E-state index is 0.0193. The smallest absolute Gasteiger partial charge is 0.338 e. The lowest BCUT2D eigenvalue weighted by atomic mass is 9.46. The average molecular weight is 533 g/mol. The van der Waals surface area contributed by atoms with Gasteiger partial charge in [-0.25, -0.2) is 4.79 Å². The number of ketones is 2. The predicted molar refractivity (Wildman–Crippen MR) is 142 cm³/mol. The van der Waals surface area contributed by atoms with Gasteiger partial charge >= 0.3 is 11.9 Å². The highest BCUT2D eigenvalue weighted by atomic mass is 16.6. The third-order valence-corrected chi connectivity index (χ3v) is 10.8. The van der Waals surface area contributed by atoms with Crippen molar-refractivity contribution in [2.45, 2.75) is 77.1 Å². The van der Waals surface area contributed by atoms with Crippen molar-refractivity contribution in [2.24, 2.45) is 28.6 Å². The molecule has 206 valence electrons. The molecule has 1 aromatic carbocycles. The van der Waals surface area contributed by atoms with Crippen LogP contribution in [-0.2, 0) is 28.6 Å². The zero-order valence-corrected chi connectivity index (χ0v) is 23.0. The van der Waals surface area contributed by atoms with Crippen LogP contribution in [0.5, 0.6) is 0 Å². The van der Waals surface area contributed by atoms with E-state index in [-0.39, 0.29) is 47.3 Å². The van der Waals surface area contributed by atoms with Crippen molar-refractivity contribution in [3.63, 3.8) is 0 Å². The molecule has 0 unspecified atom stereocenters. The Kier molecular flexibility index (Phi) is 5.85. The first-order chi connectivity index (χ1) is 18.5. The van der Waals surface area contributed by atoms with Crippen LogP contribution < -0.4 is 0 Å². The molecule has 39 heavy (non-hydrogen) atoms. The minimum atomic E-state index is -1.42. The molecule has 0 amide bonds. The second-order valence-electron chi connectivity index (χ2n) is 12.4. The predicted octanol–water partition coefficient (Wildman–Crippen LogP) is 4.79. The summed E-state index contributed by atoms with van der Waals surface area (Å²) in [4.78, 5) is 51.9. The summed E-state index contributed by atoms with van der Waals surface area (Å²) in [6.45, 7) is 7.48. The Balaban J connectivity index is 1.35. The van der Waals surface area contributed by atoms with E-state index in [2.05, 4.69) is 13.8 Å². The van der Waals surface area contributed by atoms with Gasteiger partial charge < -0.3 is 14.2 Å². The molecule has 4 fully saturated rings. The van der Waals surface area contributed by atoms with E-state index in [1.165, 1.54) is 0 Å². The first-order valence-electron chi connectivity index (χ1n) is 14.1. The summed E-state index contributed by atoms with van der Waals surface area (Å²) in [6.07, 6.45) is 8.36. The first-order valence-corrected chi connectivity index (χ1v) is 14.1. The quantitative estimate of drug-likeness (QED) is 0.384. The van der Waals surface area contributed by atoms with Crippen LogP contribution in [0.3, 0.4) is 0 Å². The molecule has 1 saturated heterocycles. The van der Waals surface area contributed by atoms with E-state index in [0.717, 1.165) is 18.4 Å². The van der Waals surface area contributed by atoms with Gasteiger partial charge in [0.2, 0.25) is 5.78 Å². The number of esters is 2. The molecule has 1 spiro atoms. The van der Waals surface area contributed by atoms with Crippen LogP contribution in [-0.4, -0.2) is 47.4 Å². The summed E-state index contributed by atoms with van der Waals surface area (Å²) < 4.78 is 18.3. The molecule has 8 atom stereocenters. The molecule has 3 saturated carbocycles. The summed E-state index contributed by atoms with van der Waals surface area (Å²) >= 11 is 0. The molecule has 1 heterocycles. The first kappa shape index (κ1) is 26.2. The summed E-state index contributed by atoms with van der Waals surface area (Å²) in [5.41, 5.74) is -1.42. The molecule has 1 aliphatic heterocycles. The Hall–Kier alpha value is -3.06. The van der Waals surface area contributed by atoms with Gasteiger partial charge in [0.1, 0.15) is 5.60 Å². The number of benzene rings is 1. The third kappa shape index (κ3) is 3.38. The van der Waals surface area contributed by atoms with E-state index < -0.39 is 35.2 Å². The van der Waals surface area contributed by atoms with E-state index in [1.807, 2.05) is 13.0 Å². The van der Waals surface area contributed by atoms with Gasteiger partial charge in [-0.3, -0.25) is 14.4 Å². The van der Waals surface area contributed by atoms with Crippen LogP contribution >= 0.6 is 0 Å². The molecule has 7 nitrogen and oxygen atoms in total. The number of hydrogen-bond acceptors (Lipinski definition) is 7. The van der Waals surface area contributed by atoms with E-state index in [0.29, 0.717) is 18.4 Å². The standard InChI is InChI=1S/C32H36O7/c1-5-27(35)39-31(25(34)18-37-28(36)20-9-7-6-8-10-20)19(2)15-24-23-12-11-21-16-22(33)13-14-29(21,3)32(23)26(38-32)17-30(24,31)4/h6-10,13-14,16,19,23-24,26H,5,11-12,15,17-18H2,1-4H3/t19-,23+,24+,26+,29+,30+,31+,32-/m1/s1. The topological polar surface area (TPSA) is 99.3 Å². The fourth-order valence-corrected chi connectivity index (χ4v) is 8.98. The molecule has 4 aliphatic carbocycles. The zero-order valence-electron chi connectivity index (χ0n) is 23.0. The fraction of sp³-hybridized carbons (Fsp3) is 0.562. The van der Waals surface area contributed by atoms with E-state index in [4.69, 9.17) is 14.2 Å². The summed E-state index contributed by atoms with van der Waals surface area (Å²) in [5, 5.41) is 0. The average Bonchev–Trinajstić information content (AvgIpc) is 3.60. The second kappa shape index (κ2) is 8.72. The molecule has 1 aromatic rings. The molecule has 0 aromatic heterocycles. The Labute approximate surface area is 228 Å². The zero-order chi connectivity index (χ0) is 27.8. The van der Waals surface area contributed by atoms with Gasteiger partial charge in [-0.05, 0) is 68.7 Å². The van der Waals surface area contributed by atoms with Gasteiger partial charge in [0.05, 0.1) is 11.7 Å². The maximum Gasteiger partial charge on any atom is 0.338 e. The lowest BCUT2D eigenvalue weighted by molar-refractivity contribution is -0.193. The van der Waals surface area contributed by atoms with Crippen molar-refractivity contribution in [1.29, 1.82) is 0 Å². The maximum absolute atomic E-state index is 14.2. The monoisotopic (exact) mass is 532 g/mol. The molecule has 6 rings (SSSR count). The number of ether oxygens (including phenoxy) is 3. The van der Waals surface area contributed by atoms with Crippen LogP contribution in [0.25, 0.3) is 0 Å². The normalized spacial score (nSPS) is 41.3. The lowest BCUT2D eigenvalue weighted by Crippen LogP contribution is -2.63. The number of Topliss-reactive ketones (excluding diaryl/α,β-unsaturated/α-hetero) is 1. The van der Waals surface area contributed by atoms with E-state index in [9.17, 15) is 19.2 Å². The lowest BCUT2D eigenvalue weighted by Gasteiger charge is -2.56. The van der Waals surface area contributed by atoms with Crippen LogP contribution in [0, 0.1) is 28.6 Å². The summed E-state index contributed by atoms with van der Waals surface area (Å²) in [7, 11) is 0. The summed E-state index contributed by atoms with van der Waals surface area (Å²) in [6, 6.07) is 8.55. The number of carbonyl (C=O) groups excluding carboxylic acids is 4. The highest BCUT2D eigenvalue weighted by molar-refractivity contribution is 6.01. The van der Waals surface area contributed by atoms with Crippen molar-refractivity contribution < 1.29 is 33.4 Å². The van der Waals surface area contributed by atoms with Crippen molar-refractivity contribution in [2.75, 3.05) is 6.61 Å².